The summed E-state index contributed by atoms with van der Waals surface area (Å²) >= 11 is 0. The van der Waals surface area contributed by atoms with Gasteiger partial charge in [0.2, 0.25) is 6.29 Å². The Kier molecular flexibility index (Phi) is 3.27. The molecule has 0 bridgehead atoms. The monoisotopic (exact) mass is 248 g/mol. The minimum absolute atomic E-state index is 0.0729. The van der Waals surface area contributed by atoms with Gasteiger partial charge in [0, 0.05) is 0 Å². The molecule has 3 heteroatoms. The highest BCUT2D eigenvalue weighted by Crippen LogP contribution is 2.34. The lowest BCUT2D eigenvalue weighted by Gasteiger charge is -2.10. The van der Waals surface area contributed by atoms with Crippen molar-refractivity contribution in [3.8, 4) is 5.75 Å². The maximum atomic E-state index is 9.92. The number of aliphatic hydroxyl groups is 1. The predicted molar refractivity (Wildman–Crippen MR) is 68.5 cm³/mol. The molecule has 3 rings (SSSR count). The summed E-state index contributed by atoms with van der Waals surface area (Å²) in [4.78, 5) is 0. The molecule has 1 aliphatic heterocycles. The molecular formula is C15H20O3. The molecule has 1 aromatic carbocycles. The van der Waals surface area contributed by atoms with Gasteiger partial charge < -0.3 is 14.6 Å². The number of epoxide rings is 1. The van der Waals surface area contributed by atoms with E-state index >= 15 is 0 Å². The van der Waals surface area contributed by atoms with Crippen LogP contribution in [-0.2, 0) is 11.2 Å². The molecule has 1 aliphatic carbocycles. The van der Waals surface area contributed by atoms with E-state index in [1.165, 1.54) is 18.4 Å². The highest BCUT2D eigenvalue weighted by atomic mass is 16.8. The van der Waals surface area contributed by atoms with Crippen LogP contribution in [0.3, 0.4) is 0 Å². The van der Waals surface area contributed by atoms with Crippen LogP contribution in [0.5, 0.6) is 5.75 Å². The van der Waals surface area contributed by atoms with E-state index in [9.17, 15) is 5.11 Å². The molecular weight excluding hydrogens is 228 g/mol. The molecule has 0 aromatic heterocycles. The summed E-state index contributed by atoms with van der Waals surface area (Å²) in [6, 6.07) is 7.96. The molecule has 0 radical (unpaired) electrons. The number of aliphatic hydroxyl groups excluding tert-OH is 1. The van der Waals surface area contributed by atoms with E-state index in [0.29, 0.717) is 0 Å². The van der Waals surface area contributed by atoms with Crippen molar-refractivity contribution in [1.29, 1.82) is 0 Å². The molecule has 3 atom stereocenters. The maximum absolute atomic E-state index is 9.92. The summed E-state index contributed by atoms with van der Waals surface area (Å²) in [5.41, 5.74) is 1.17. The second-order valence-electron chi connectivity index (χ2n) is 5.51. The molecule has 98 valence electrons. The van der Waals surface area contributed by atoms with Gasteiger partial charge in [-0.25, -0.2) is 0 Å². The van der Waals surface area contributed by atoms with Crippen molar-refractivity contribution >= 4 is 0 Å². The summed E-state index contributed by atoms with van der Waals surface area (Å²) in [7, 11) is 0. The lowest BCUT2D eigenvalue weighted by atomic mass is 10.0. The molecule has 1 saturated carbocycles. The van der Waals surface area contributed by atoms with Gasteiger partial charge in [-0.15, -0.1) is 0 Å². The highest BCUT2D eigenvalue weighted by molar-refractivity contribution is 5.28. The Labute approximate surface area is 108 Å². The maximum Gasteiger partial charge on any atom is 0.226 e. The Bertz CT molecular complexity index is 397. The minimum Gasteiger partial charge on any atom is -0.462 e. The van der Waals surface area contributed by atoms with Crippen molar-refractivity contribution in [2.24, 2.45) is 5.92 Å². The first kappa shape index (κ1) is 12.0. The van der Waals surface area contributed by atoms with Gasteiger partial charge in [0.1, 0.15) is 11.9 Å². The molecule has 1 aromatic rings. The van der Waals surface area contributed by atoms with E-state index < -0.39 is 0 Å². The highest BCUT2D eigenvalue weighted by Gasteiger charge is 2.36. The van der Waals surface area contributed by atoms with Gasteiger partial charge in [0.25, 0.3) is 0 Å². The molecule has 3 unspecified atom stereocenters. The Hall–Kier alpha value is -1.06. The molecule has 2 aliphatic rings. The number of ether oxygens (including phenoxy) is 2. The van der Waals surface area contributed by atoms with E-state index in [-0.39, 0.29) is 18.5 Å². The van der Waals surface area contributed by atoms with Crippen LogP contribution in [0.2, 0.25) is 0 Å². The summed E-state index contributed by atoms with van der Waals surface area (Å²) < 4.78 is 10.8. The molecule has 0 spiro atoms. The van der Waals surface area contributed by atoms with Gasteiger partial charge in [-0.05, 0) is 43.4 Å². The summed E-state index contributed by atoms with van der Waals surface area (Å²) in [6.07, 6.45) is 4.23. The van der Waals surface area contributed by atoms with Crippen molar-refractivity contribution < 1.29 is 14.6 Å². The van der Waals surface area contributed by atoms with Crippen LogP contribution < -0.4 is 4.74 Å². The Morgan fingerprint density at radius 1 is 1.33 bits per heavy atom. The van der Waals surface area contributed by atoms with Gasteiger partial charge in [-0.2, -0.15) is 0 Å². The van der Waals surface area contributed by atoms with Crippen molar-refractivity contribution in [1.82, 2.24) is 0 Å². The van der Waals surface area contributed by atoms with Gasteiger partial charge >= 0.3 is 0 Å². The third-order valence-corrected chi connectivity index (χ3v) is 3.60. The van der Waals surface area contributed by atoms with E-state index in [2.05, 4.69) is 0 Å². The quantitative estimate of drug-likeness (QED) is 0.786. The number of rotatable bonds is 6. The van der Waals surface area contributed by atoms with Gasteiger partial charge in [0.05, 0.1) is 6.10 Å². The predicted octanol–water partition coefficient (Wildman–Crippen LogP) is 2.51. The first-order chi connectivity index (χ1) is 8.70. The Morgan fingerprint density at radius 2 is 2.00 bits per heavy atom. The van der Waals surface area contributed by atoms with Crippen LogP contribution in [-0.4, -0.2) is 23.6 Å². The van der Waals surface area contributed by atoms with Crippen LogP contribution in [0.4, 0.5) is 0 Å². The van der Waals surface area contributed by atoms with E-state index in [0.717, 1.165) is 24.5 Å². The molecule has 1 heterocycles. The fourth-order valence-electron chi connectivity index (χ4n) is 2.22. The van der Waals surface area contributed by atoms with E-state index in [1.807, 2.05) is 31.2 Å². The van der Waals surface area contributed by atoms with Crippen LogP contribution in [0.15, 0.2) is 24.3 Å². The first-order valence-corrected chi connectivity index (χ1v) is 6.80. The lowest BCUT2D eigenvalue weighted by Crippen LogP contribution is -2.11. The largest absolute Gasteiger partial charge is 0.462 e. The average molecular weight is 248 g/mol. The van der Waals surface area contributed by atoms with E-state index in [4.69, 9.17) is 9.47 Å². The molecule has 18 heavy (non-hydrogen) atoms. The molecule has 1 saturated heterocycles. The summed E-state index contributed by atoms with van der Waals surface area (Å²) in [5.74, 6) is 1.61. The smallest absolute Gasteiger partial charge is 0.226 e. The normalized spacial score (nSPS) is 27.9. The van der Waals surface area contributed by atoms with Crippen LogP contribution in [0.25, 0.3) is 0 Å². The zero-order chi connectivity index (χ0) is 12.5. The average Bonchev–Trinajstić information content (AvgIpc) is 3.23. The molecule has 3 nitrogen and oxygen atoms in total. The van der Waals surface area contributed by atoms with Crippen molar-refractivity contribution in [3.63, 3.8) is 0 Å². The zero-order valence-electron chi connectivity index (χ0n) is 10.7. The topological polar surface area (TPSA) is 42.0 Å². The van der Waals surface area contributed by atoms with Crippen molar-refractivity contribution in [2.45, 2.75) is 51.1 Å². The van der Waals surface area contributed by atoms with E-state index in [1.54, 1.807) is 0 Å². The minimum atomic E-state index is -0.198. The molecule has 2 fully saturated rings. The third-order valence-electron chi connectivity index (χ3n) is 3.60. The summed E-state index contributed by atoms with van der Waals surface area (Å²) in [5, 5.41) is 9.92. The number of hydrogen-bond donors (Lipinski definition) is 1. The van der Waals surface area contributed by atoms with Gasteiger partial charge in [-0.3, -0.25) is 0 Å². The third kappa shape index (κ3) is 3.24. The SMILES string of the molecule is CC1OC1Oc1ccc(CC(O)CC2CC2)cc1. The van der Waals surface area contributed by atoms with Crippen LogP contribution in [0.1, 0.15) is 31.7 Å². The van der Waals surface area contributed by atoms with Crippen molar-refractivity contribution in [2.75, 3.05) is 0 Å². The van der Waals surface area contributed by atoms with Crippen molar-refractivity contribution in [3.05, 3.63) is 29.8 Å². The second kappa shape index (κ2) is 4.90. The summed E-state index contributed by atoms with van der Waals surface area (Å²) in [6.45, 7) is 1.99. The number of benzene rings is 1. The lowest BCUT2D eigenvalue weighted by molar-refractivity contribution is 0.157. The standard InChI is InChI=1S/C15H20O3/c1-10-15(17-10)18-14-6-4-12(5-7-14)9-13(16)8-11-2-3-11/h4-7,10-11,13,15-16H,2-3,8-9H2,1H3. The first-order valence-electron chi connectivity index (χ1n) is 6.80. The number of hydrogen-bond acceptors (Lipinski definition) is 3. The fourth-order valence-corrected chi connectivity index (χ4v) is 2.22. The second-order valence-corrected chi connectivity index (χ2v) is 5.51. The fraction of sp³-hybridized carbons (Fsp3) is 0.600. The van der Waals surface area contributed by atoms with Gasteiger partial charge in [0.15, 0.2) is 0 Å². The van der Waals surface area contributed by atoms with Gasteiger partial charge in [-0.1, -0.05) is 25.0 Å². The Morgan fingerprint density at radius 3 is 2.56 bits per heavy atom. The zero-order valence-corrected chi connectivity index (χ0v) is 10.7. The van der Waals surface area contributed by atoms with Crippen LogP contribution in [0, 0.1) is 5.92 Å². The molecule has 1 N–H and O–H groups in total. The molecule has 0 amide bonds. The Balaban J connectivity index is 1.49. The van der Waals surface area contributed by atoms with Crippen LogP contribution >= 0.6 is 0 Å².